The third-order valence-electron chi connectivity index (χ3n) is 4.77. The molecule has 3 aromatic carbocycles. The predicted octanol–water partition coefficient (Wildman–Crippen LogP) is 4.81. The molecular formula is C23H23NO. The standard InChI is InChI=1S/C23H23NO/c1-3-9-19(10-4-1)17-24-15-16-25-23(20-11-5-2-6-12-20)22-14-8-7-13-21(22)18-24/h1-14,23H,15-18H2. The lowest BCUT2D eigenvalue weighted by atomic mass is 9.95. The maximum atomic E-state index is 6.32. The van der Waals surface area contributed by atoms with Crippen molar-refractivity contribution in [3.8, 4) is 0 Å². The van der Waals surface area contributed by atoms with E-state index in [1.165, 1.54) is 22.3 Å². The first-order valence-electron chi connectivity index (χ1n) is 8.91. The Bertz CT molecular complexity index is 801. The minimum Gasteiger partial charge on any atom is -0.367 e. The summed E-state index contributed by atoms with van der Waals surface area (Å²) in [5, 5.41) is 0. The van der Waals surface area contributed by atoms with Crippen LogP contribution in [0.2, 0.25) is 0 Å². The Kier molecular flexibility index (Phi) is 4.91. The molecule has 1 heterocycles. The van der Waals surface area contributed by atoms with Gasteiger partial charge in [0.05, 0.1) is 6.61 Å². The van der Waals surface area contributed by atoms with Gasteiger partial charge in [-0.2, -0.15) is 0 Å². The fraction of sp³-hybridized carbons (Fsp3) is 0.217. The first-order valence-corrected chi connectivity index (χ1v) is 8.91. The molecule has 0 radical (unpaired) electrons. The summed E-state index contributed by atoms with van der Waals surface area (Å²) in [6, 6.07) is 29.9. The van der Waals surface area contributed by atoms with Crippen LogP contribution >= 0.6 is 0 Å². The fourth-order valence-electron chi connectivity index (χ4n) is 3.52. The van der Waals surface area contributed by atoms with Gasteiger partial charge in [0.15, 0.2) is 0 Å². The highest BCUT2D eigenvalue weighted by atomic mass is 16.5. The van der Waals surface area contributed by atoms with E-state index in [-0.39, 0.29) is 6.10 Å². The lowest BCUT2D eigenvalue weighted by Crippen LogP contribution is -2.30. The Hall–Kier alpha value is -2.42. The minimum absolute atomic E-state index is 0.0243. The highest BCUT2D eigenvalue weighted by Crippen LogP contribution is 2.31. The fourth-order valence-corrected chi connectivity index (χ4v) is 3.52. The number of benzene rings is 3. The van der Waals surface area contributed by atoms with Crippen molar-refractivity contribution in [3.05, 3.63) is 107 Å². The van der Waals surface area contributed by atoms with Crippen molar-refractivity contribution >= 4 is 0 Å². The van der Waals surface area contributed by atoms with E-state index < -0.39 is 0 Å². The lowest BCUT2D eigenvalue weighted by Gasteiger charge is -2.30. The molecule has 0 aromatic heterocycles. The largest absolute Gasteiger partial charge is 0.367 e. The highest BCUT2D eigenvalue weighted by molar-refractivity contribution is 5.36. The summed E-state index contributed by atoms with van der Waals surface area (Å²) < 4.78 is 6.32. The number of nitrogens with zero attached hydrogens (tertiary/aromatic N) is 1. The van der Waals surface area contributed by atoms with Gasteiger partial charge in [-0.25, -0.2) is 0 Å². The van der Waals surface area contributed by atoms with Crippen LogP contribution < -0.4 is 0 Å². The molecule has 25 heavy (non-hydrogen) atoms. The van der Waals surface area contributed by atoms with Gasteiger partial charge in [-0.15, -0.1) is 0 Å². The molecule has 4 rings (SSSR count). The maximum Gasteiger partial charge on any atom is 0.108 e. The van der Waals surface area contributed by atoms with Crippen LogP contribution in [0, 0.1) is 0 Å². The molecule has 0 saturated heterocycles. The smallest absolute Gasteiger partial charge is 0.108 e. The van der Waals surface area contributed by atoms with E-state index in [2.05, 4.69) is 89.8 Å². The quantitative estimate of drug-likeness (QED) is 0.684. The van der Waals surface area contributed by atoms with E-state index in [1.54, 1.807) is 0 Å². The molecule has 0 aliphatic carbocycles. The molecule has 0 spiro atoms. The zero-order valence-electron chi connectivity index (χ0n) is 14.3. The first kappa shape index (κ1) is 16.1. The Morgan fingerprint density at radius 3 is 2.28 bits per heavy atom. The van der Waals surface area contributed by atoms with Gasteiger partial charge >= 0.3 is 0 Å². The van der Waals surface area contributed by atoms with Crippen LogP contribution in [0.5, 0.6) is 0 Å². The number of hydrogen-bond donors (Lipinski definition) is 0. The monoisotopic (exact) mass is 329 g/mol. The molecule has 1 aliphatic rings. The molecule has 1 aliphatic heterocycles. The Balaban J connectivity index is 1.62. The summed E-state index contributed by atoms with van der Waals surface area (Å²) in [4.78, 5) is 2.47. The summed E-state index contributed by atoms with van der Waals surface area (Å²) in [7, 11) is 0. The second kappa shape index (κ2) is 7.64. The van der Waals surface area contributed by atoms with Gasteiger partial charge < -0.3 is 4.74 Å². The van der Waals surface area contributed by atoms with Crippen LogP contribution in [0.3, 0.4) is 0 Å². The van der Waals surface area contributed by atoms with Crippen molar-refractivity contribution in [1.29, 1.82) is 0 Å². The topological polar surface area (TPSA) is 12.5 Å². The van der Waals surface area contributed by atoms with Crippen molar-refractivity contribution in [1.82, 2.24) is 4.90 Å². The molecule has 0 saturated carbocycles. The van der Waals surface area contributed by atoms with Crippen molar-refractivity contribution in [2.45, 2.75) is 19.2 Å². The lowest BCUT2D eigenvalue weighted by molar-refractivity contribution is 0.0473. The zero-order chi connectivity index (χ0) is 16.9. The second-order valence-electron chi connectivity index (χ2n) is 6.56. The SMILES string of the molecule is c1ccc(CN2CCOC(c3ccccc3)c3ccccc3C2)cc1. The molecule has 0 amide bonds. The van der Waals surface area contributed by atoms with Crippen LogP contribution in [-0.2, 0) is 17.8 Å². The average Bonchev–Trinajstić information content (AvgIpc) is 2.65. The molecule has 3 aromatic rings. The van der Waals surface area contributed by atoms with Gasteiger partial charge in [0, 0.05) is 19.6 Å². The zero-order valence-corrected chi connectivity index (χ0v) is 14.3. The molecular weight excluding hydrogens is 306 g/mol. The molecule has 2 heteroatoms. The van der Waals surface area contributed by atoms with Gasteiger partial charge in [-0.05, 0) is 22.3 Å². The molecule has 126 valence electrons. The molecule has 1 atom stereocenters. The van der Waals surface area contributed by atoms with E-state index in [0.717, 1.165) is 26.2 Å². The maximum absolute atomic E-state index is 6.32. The van der Waals surface area contributed by atoms with Gasteiger partial charge in [-0.1, -0.05) is 84.9 Å². The van der Waals surface area contributed by atoms with Crippen LogP contribution in [0.15, 0.2) is 84.9 Å². The number of hydrogen-bond acceptors (Lipinski definition) is 2. The summed E-state index contributed by atoms with van der Waals surface area (Å²) in [6.07, 6.45) is 0.0243. The van der Waals surface area contributed by atoms with Gasteiger partial charge in [0.1, 0.15) is 6.10 Å². The molecule has 2 nitrogen and oxygen atoms in total. The molecule has 0 fully saturated rings. The van der Waals surface area contributed by atoms with Crippen LogP contribution in [0.1, 0.15) is 28.4 Å². The highest BCUT2D eigenvalue weighted by Gasteiger charge is 2.22. The van der Waals surface area contributed by atoms with Crippen molar-refractivity contribution in [2.75, 3.05) is 13.2 Å². The van der Waals surface area contributed by atoms with Crippen molar-refractivity contribution < 1.29 is 4.74 Å². The van der Waals surface area contributed by atoms with Crippen LogP contribution in [0.4, 0.5) is 0 Å². The summed E-state index contributed by atoms with van der Waals surface area (Å²) >= 11 is 0. The van der Waals surface area contributed by atoms with Crippen molar-refractivity contribution in [2.24, 2.45) is 0 Å². The number of rotatable bonds is 3. The van der Waals surface area contributed by atoms with E-state index >= 15 is 0 Å². The Labute approximate surface area is 149 Å². The minimum atomic E-state index is 0.0243. The average molecular weight is 329 g/mol. The van der Waals surface area contributed by atoms with E-state index in [0.29, 0.717) is 0 Å². The number of ether oxygens (including phenoxy) is 1. The Morgan fingerprint density at radius 1 is 0.800 bits per heavy atom. The third kappa shape index (κ3) is 3.81. The van der Waals surface area contributed by atoms with E-state index in [4.69, 9.17) is 4.74 Å². The van der Waals surface area contributed by atoms with Gasteiger partial charge in [0.2, 0.25) is 0 Å². The molecule has 0 bridgehead atoms. The summed E-state index contributed by atoms with van der Waals surface area (Å²) in [5.74, 6) is 0. The first-order chi connectivity index (χ1) is 12.4. The van der Waals surface area contributed by atoms with Gasteiger partial charge in [-0.3, -0.25) is 4.90 Å². The number of fused-ring (bicyclic) bond motifs is 1. The van der Waals surface area contributed by atoms with E-state index in [1.807, 2.05) is 0 Å². The van der Waals surface area contributed by atoms with Gasteiger partial charge in [0.25, 0.3) is 0 Å². The van der Waals surface area contributed by atoms with E-state index in [9.17, 15) is 0 Å². The van der Waals surface area contributed by atoms with Crippen molar-refractivity contribution in [3.63, 3.8) is 0 Å². The summed E-state index contributed by atoms with van der Waals surface area (Å²) in [6.45, 7) is 3.58. The Morgan fingerprint density at radius 2 is 1.48 bits per heavy atom. The second-order valence-corrected chi connectivity index (χ2v) is 6.56. The van der Waals surface area contributed by atoms with Crippen LogP contribution in [0.25, 0.3) is 0 Å². The normalized spacial score (nSPS) is 18.2. The summed E-state index contributed by atoms with van der Waals surface area (Å²) in [5.41, 5.74) is 5.21. The molecule has 0 N–H and O–H groups in total. The molecule has 1 unspecified atom stereocenters. The predicted molar refractivity (Wildman–Crippen MR) is 101 cm³/mol. The van der Waals surface area contributed by atoms with Crippen LogP contribution in [-0.4, -0.2) is 18.1 Å². The third-order valence-corrected chi connectivity index (χ3v) is 4.77.